The maximum absolute atomic E-state index is 12.0. The molecule has 1 saturated heterocycles. The largest absolute Gasteiger partial charge is 0.480 e. The Kier molecular flexibility index (Phi) is 6.41. The molecule has 0 unspecified atom stereocenters. The molecule has 0 aromatic heterocycles. The van der Waals surface area contributed by atoms with Gasteiger partial charge in [0, 0.05) is 13.6 Å². The van der Waals surface area contributed by atoms with Crippen LogP contribution in [0.4, 0.5) is 4.79 Å². The summed E-state index contributed by atoms with van der Waals surface area (Å²) in [6.07, 6.45) is 1.61. The fourth-order valence-corrected chi connectivity index (χ4v) is 2.38. The number of amides is 3. The van der Waals surface area contributed by atoms with Crippen LogP contribution in [0.5, 0.6) is 0 Å². The molecule has 0 saturated carbocycles. The summed E-state index contributed by atoms with van der Waals surface area (Å²) in [4.78, 5) is 37.4. The van der Waals surface area contributed by atoms with Crippen LogP contribution < -0.4 is 11.1 Å². The lowest BCUT2D eigenvalue weighted by Gasteiger charge is -2.32. The zero-order chi connectivity index (χ0) is 16.0. The van der Waals surface area contributed by atoms with Crippen LogP contribution in [0.25, 0.3) is 0 Å². The topological polar surface area (TPSA) is 116 Å². The summed E-state index contributed by atoms with van der Waals surface area (Å²) in [6.45, 7) is 2.57. The zero-order valence-electron chi connectivity index (χ0n) is 12.5. The molecule has 21 heavy (non-hydrogen) atoms. The van der Waals surface area contributed by atoms with Gasteiger partial charge in [0.2, 0.25) is 5.91 Å². The minimum atomic E-state index is -1.28. The van der Waals surface area contributed by atoms with Crippen LogP contribution in [0.15, 0.2) is 0 Å². The normalized spacial score (nSPS) is 18.0. The second-order valence-corrected chi connectivity index (χ2v) is 5.64. The van der Waals surface area contributed by atoms with Crippen LogP contribution >= 0.6 is 0 Å². The minimum Gasteiger partial charge on any atom is -0.480 e. The van der Waals surface area contributed by atoms with Crippen LogP contribution in [-0.4, -0.2) is 72.6 Å². The number of urea groups is 1. The molecule has 0 aromatic rings. The van der Waals surface area contributed by atoms with Crippen molar-refractivity contribution in [3.8, 4) is 0 Å². The predicted octanol–water partition coefficient (Wildman–Crippen LogP) is -0.702. The van der Waals surface area contributed by atoms with Gasteiger partial charge in [0.05, 0.1) is 6.42 Å². The van der Waals surface area contributed by atoms with E-state index in [-0.39, 0.29) is 0 Å². The van der Waals surface area contributed by atoms with E-state index in [0.29, 0.717) is 12.5 Å². The number of aliphatic carboxylic acids is 1. The Balaban J connectivity index is 2.45. The summed E-state index contributed by atoms with van der Waals surface area (Å²) in [6, 6.07) is -1.78. The maximum atomic E-state index is 12.0. The van der Waals surface area contributed by atoms with Gasteiger partial charge in [-0.1, -0.05) is 0 Å². The lowest BCUT2D eigenvalue weighted by atomic mass is 9.97. The van der Waals surface area contributed by atoms with Gasteiger partial charge in [-0.3, -0.25) is 4.79 Å². The standard InChI is InChI=1S/C13H24N4O4/c1-16-5-3-9(4-6-16)8-17(2)13(21)15-10(12(19)20)7-11(14)18/h9-10H,3-8H2,1-2H3,(H2,14,18)(H,15,21)(H,19,20)/t10-/m1/s1. The molecule has 120 valence electrons. The van der Waals surface area contributed by atoms with Gasteiger partial charge in [-0.25, -0.2) is 9.59 Å². The molecule has 8 nitrogen and oxygen atoms in total. The van der Waals surface area contributed by atoms with Gasteiger partial charge in [0.15, 0.2) is 0 Å². The van der Waals surface area contributed by atoms with Crippen molar-refractivity contribution in [1.82, 2.24) is 15.1 Å². The van der Waals surface area contributed by atoms with Crippen molar-refractivity contribution in [2.24, 2.45) is 11.7 Å². The van der Waals surface area contributed by atoms with E-state index in [4.69, 9.17) is 10.8 Å². The molecule has 0 spiro atoms. The number of carboxylic acids is 1. The van der Waals surface area contributed by atoms with E-state index in [9.17, 15) is 14.4 Å². The van der Waals surface area contributed by atoms with Crippen LogP contribution in [0, 0.1) is 5.92 Å². The molecule has 1 rings (SSSR count). The third-order valence-electron chi connectivity index (χ3n) is 3.72. The molecule has 0 bridgehead atoms. The van der Waals surface area contributed by atoms with Crippen molar-refractivity contribution < 1.29 is 19.5 Å². The van der Waals surface area contributed by atoms with Crippen molar-refractivity contribution in [3.63, 3.8) is 0 Å². The Labute approximate surface area is 124 Å². The number of primary amides is 1. The first kappa shape index (κ1) is 17.2. The number of likely N-dealkylation sites (tertiary alicyclic amines) is 1. The highest BCUT2D eigenvalue weighted by molar-refractivity contribution is 5.87. The van der Waals surface area contributed by atoms with Gasteiger partial charge in [-0.2, -0.15) is 0 Å². The molecule has 1 atom stereocenters. The first-order chi connectivity index (χ1) is 9.79. The number of hydrogen-bond acceptors (Lipinski definition) is 4. The summed E-state index contributed by atoms with van der Waals surface area (Å²) < 4.78 is 0. The van der Waals surface area contributed by atoms with Gasteiger partial charge >= 0.3 is 12.0 Å². The minimum absolute atomic E-state index is 0.413. The van der Waals surface area contributed by atoms with Crippen LogP contribution in [0.2, 0.25) is 0 Å². The quantitative estimate of drug-likeness (QED) is 0.600. The third kappa shape index (κ3) is 5.99. The second-order valence-electron chi connectivity index (χ2n) is 5.64. The molecule has 8 heteroatoms. The SMILES string of the molecule is CN1CCC(CN(C)C(=O)N[C@H](CC(N)=O)C(=O)O)CC1. The Bertz CT molecular complexity index is 394. The lowest BCUT2D eigenvalue weighted by Crippen LogP contribution is -2.49. The van der Waals surface area contributed by atoms with Crippen molar-refractivity contribution in [3.05, 3.63) is 0 Å². The molecule has 1 aliphatic rings. The molecular weight excluding hydrogens is 276 g/mol. The highest BCUT2D eigenvalue weighted by Gasteiger charge is 2.25. The summed E-state index contributed by atoms with van der Waals surface area (Å²) in [5.41, 5.74) is 4.97. The molecule has 0 radical (unpaired) electrons. The van der Waals surface area contributed by atoms with E-state index in [1.807, 2.05) is 0 Å². The number of carbonyl (C=O) groups excluding carboxylic acids is 2. The molecule has 0 aliphatic carbocycles. The predicted molar refractivity (Wildman–Crippen MR) is 76.6 cm³/mol. The molecule has 3 amide bonds. The van der Waals surface area contributed by atoms with E-state index in [0.717, 1.165) is 25.9 Å². The van der Waals surface area contributed by atoms with E-state index >= 15 is 0 Å². The first-order valence-corrected chi connectivity index (χ1v) is 7.01. The number of hydrogen-bond donors (Lipinski definition) is 3. The molecular formula is C13H24N4O4. The van der Waals surface area contributed by atoms with Crippen LogP contribution in [0.3, 0.4) is 0 Å². The first-order valence-electron chi connectivity index (χ1n) is 7.01. The summed E-state index contributed by atoms with van der Waals surface area (Å²) in [7, 11) is 3.69. The lowest BCUT2D eigenvalue weighted by molar-refractivity contribution is -0.140. The smallest absolute Gasteiger partial charge is 0.326 e. The number of carbonyl (C=O) groups is 3. The molecule has 0 aromatic carbocycles. The molecule has 1 fully saturated rings. The average Bonchev–Trinajstić information content (AvgIpc) is 2.39. The monoisotopic (exact) mass is 300 g/mol. The number of nitrogens with zero attached hydrogens (tertiary/aromatic N) is 2. The summed E-state index contributed by atoms with van der Waals surface area (Å²) in [5.74, 6) is -1.62. The van der Waals surface area contributed by atoms with E-state index < -0.39 is 30.4 Å². The van der Waals surface area contributed by atoms with Gasteiger partial charge < -0.3 is 26.0 Å². The van der Waals surface area contributed by atoms with Crippen molar-refractivity contribution in [2.75, 3.05) is 33.7 Å². The summed E-state index contributed by atoms with van der Waals surface area (Å²) >= 11 is 0. The average molecular weight is 300 g/mol. The van der Waals surface area contributed by atoms with Gasteiger partial charge in [-0.05, 0) is 38.9 Å². The third-order valence-corrected chi connectivity index (χ3v) is 3.72. The van der Waals surface area contributed by atoms with Gasteiger partial charge in [0.1, 0.15) is 6.04 Å². The molecule has 1 aliphatic heterocycles. The Hall–Kier alpha value is -1.83. The highest BCUT2D eigenvalue weighted by Crippen LogP contribution is 2.16. The number of nitrogens with one attached hydrogen (secondary N) is 1. The number of rotatable bonds is 6. The molecule has 4 N–H and O–H groups in total. The van der Waals surface area contributed by atoms with E-state index in [1.54, 1.807) is 7.05 Å². The summed E-state index contributed by atoms with van der Waals surface area (Å²) in [5, 5.41) is 11.3. The number of nitrogens with two attached hydrogens (primary N) is 1. The van der Waals surface area contributed by atoms with Crippen molar-refractivity contribution in [1.29, 1.82) is 0 Å². The van der Waals surface area contributed by atoms with Crippen LogP contribution in [-0.2, 0) is 9.59 Å². The fourth-order valence-electron chi connectivity index (χ4n) is 2.38. The second kappa shape index (κ2) is 7.82. The zero-order valence-corrected chi connectivity index (χ0v) is 12.5. The van der Waals surface area contributed by atoms with E-state index in [2.05, 4.69) is 17.3 Å². The van der Waals surface area contributed by atoms with Gasteiger partial charge in [-0.15, -0.1) is 0 Å². The fraction of sp³-hybridized carbons (Fsp3) is 0.769. The van der Waals surface area contributed by atoms with Crippen LogP contribution in [0.1, 0.15) is 19.3 Å². The van der Waals surface area contributed by atoms with E-state index in [1.165, 1.54) is 4.90 Å². The Morgan fingerprint density at radius 2 is 1.95 bits per heavy atom. The Morgan fingerprint density at radius 1 is 1.38 bits per heavy atom. The van der Waals surface area contributed by atoms with Gasteiger partial charge in [0.25, 0.3) is 0 Å². The highest BCUT2D eigenvalue weighted by atomic mass is 16.4. The Morgan fingerprint density at radius 3 is 2.43 bits per heavy atom. The maximum Gasteiger partial charge on any atom is 0.326 e. The number of carboxylic acid groups (broad SMARTS) is 1. The van der Waals surface area contributed by atoms with Crippen molar-refractivity contribution >= 4 is 17.9 Å². The number of piperidine rings is 1. The van der Waals surface area contributed by atoms with Crippen molar-refractivity contribution in [2.45, 2.75) is 25.3 Å². The molecule has 1 heterocycles.